The molecule has 1 aromatic rings. The lowest BCUT2D eigenvalue weighted by Gasteiger charge is -2.22. The van der Waals surface area contributed by atoms with Gasteiger partial charge in [0.05, 0.1) is 18.2 Å². The van der Waals surface area contributed by atoms with Gasteiger partial charge in [0.2, 0.25) is 5.91 Å². The standard InChI is InChI=1S/C15H24N2O2S/c1-12(13-5-3-10-20-13)16-14(18)11-17-8-4-6-15(2,19)7-9-17/h3,5,10,12,19H,4,6-9,11H2,1-2H3,(H,16,18). The number of amides is 1. The topological polar surface area (TPSA) is 52.6 Å². The van der Waals surface area contributed by atoms with Gasteiger partial charge in [-0.2, -0.15) is 0 Å². The minimum Gasteiger partial charge on any atom is -0.390 e. The first-order valence-corrected chi connectivity index (χ1v) is 8.12. The van der Waals surface area contributed by atoms with Crippen LogP contribution in [0.5, 0.6) is 0 Å². The Kier molecular flexibility index (Phi) is 5.18. The molecular formula is C15H24N2O2S. The number of carbonyl (C=O) groups excluding carboxylic acids is 1. The molecule has 20 heavy (non-hydrogen) atoms. The maximum atomic E-state index is 12.1. The molecule has 112 valence electrons. The van der Waals surface area contributed by atoms with Gasteiger partial charge in [0.15, 0.2) is 0 Å². The van der Waals surface area contributed by atoms with Gasteiger partial charge in [-0.15, -0.1) is 11.3 Å². The highest BCUT2D eigenvalue weighted by molar-refractivity contribution is 7.10. The van der Waals surface area contributed by atoms with E-state index in [0.29, 0.717) is 6.54 Å². The van der Waals surface area contributed by atoms with E-state index < -0.39 is 5.60 Å². The van der Waals surface area contributed by atoms with Crippen molar-refractivity contribution >= 4 is 17.2 Å². The predicted molar refractivity (Wildman–Crippen MR) is 81.8 cm³/mol. The van der Waals surface area contributed by atoms with Crippen LogP contribution in [0.15, 0.2) is 17.5 Å². The quantitative estimate of drug-likeness (QED) is 0.895. The summed E-state index contributed by atoms with van der Waals surface area (Å²) in [4.78, 5) is 15.4. The van der Waals surface area contributed by atoms with Gasteiger partial charge < -0.3 is 10.4 Å². The first-order valence-electron chi connectivity index (χ1n) is 7.24. The number of rotatable bonds is 4. The van der Waals surface area contributed by atoms with Crippen molar-refractivity contribution < 1.29 is 9.90 Å². The molecule has 1 aliphatic heterocycles. The van der Waals surface area contributed by atoms with Crippen LogP contribution in [0, 0.1) is 0 Å². The fourth-order valence-corrected chi connectivity index (χ4v) is 3.31. The van der Waals surface area contributed by atoms with Crippen molar-refractivity contribution in [1.29, 1.82) is 0 Å². The van der Waals surface area contributed by atoms with Gasteiger partial charge in [-0.25, -0.2) is 0 Å². The smallest absolute Gasteiger partial charge is 0.234 e. The molecule has 2 atom stereocenters. The molecule has 0 radical (unpaired) electrons. The molecule has 1 fully saturated rings. The van der Waals surface area contributed by atoms with Gasteiger partial charge in [0, 0.05) is 11.4 Å². The molecule has 4 nitrogen and oxygen atoms in total. The van der Waals surface area contributed by atoms with Gasteiger partial charge in [0.1, 0.15) is 0 Å². The van der Waals surface area contributed by atoms with Gasteiger partial charge in [-0.05, 0) is 51.1 Å². The van der Waals surface area contributed by atoms with E-state index in [1.807, 2.05) is 31.4 Å². The summed E-state index contributed by atoms with van der Waals surface area (Å²) < 4.78 is 0. The van der Waals surface area contributed by atoms with Crippen LogP contribution < -0.4 is 5.32 Å². The molecule has 0 aromatic carbocycles. The summed E-state index contributed by atoms with van der Waals surface area (Å²) in [6, 6.07) is 4.11. The van der Waals surface area contributed by atoms with E-state index >= 15 is 0 Å². The summed E-state index contributed by atoms with van der Waals surface area (Å²) in [6.45, 7) is 5.99. The number of thiophene rings is 1. The Morgan fingerprint density at radius 2 is 2.35 bits per heavy atom. The van der Waals surface area contributed by atoms with E-state index in [9.17, 15) is 9.90 Å². The lowest BCUT2D eigenvalue weighted by atomic mass is 9.98. The zero-order valence-electron chi connectivity index (χ0n) is 12.3. The van der Waals surface area contributed by atoms with Gasteiger partial charge in [-0.1, -0.05) is 6.07 Å². The minimum atomic E-state index is -0.574. The number of carbonyl (C=O) groups is 1. The van der Waals surface area contributed by atoms with Crippen molar-refractivity contribution in [2.45, 2.75) is 44.8 Å². The molecule has 2 rings (SSSR count). The van der Waals surface area contributed by atoms with Gasteiger partial charge in [0.25, 0.3) is 0 Å². The van der Waals surface area contributed by atoms with E-state index in [2.05, 4.69) is 10.2 Å². The zero-order chi connectivity index (χ0) is 14.6. The summed E-state index contributed by atoms with van der Waals surface area (Å²) in [7, 11) is 0. The van der Waals surface area contributed by atoms with E-state index in [1.165, 1.54) is 4.88 Å². The normalized spacial score (nSPS) is 25.9. The molecule has 0 aliphatic carbocycles. The molecule has 1 aromatic heterocycles. The molecule has 1 saturated heterocycles. The SMILES string of the molecule is CC(NC(=O)CN1CCCC(C)(O)CC1)c1cccs1. The van der Waals surface area contributed by atoms with E-state index in [4.69, 9.17) is 0 Å². The Bertz CT molecular complexity index is 431. The number of hydrogen-bond acceptors (Lipinski definition) is 4. The summed E-state index contributed by atoms with van der Waals surface area (Å²) in [5, 5.41) is 15.1. The molecule has 0 saturated carbocycles. The molecular weight excluding hydrogens is 272 g/mol. The third-order valence-electron chi connectivity index (χ3n) is 3.87. The Morgan fingerprint density at radius 3 is 3.05 bits per heavy atom. The van der Waals surface area contributed by atoms with E-state index in [-0.39, 0.29) is 11.9 Å². The molecule has 2 N–H and O–H groups in total. The average Bonchev–Trinajstić information content (AvgIpc) is 2.84. The van der Waals surface area contributed by atoms with Crippen molar-refractivity contribution in [3.8, 4) is 0 Å². The lowest BCUT2D eigenvalue weighted by Crippen LogP contribution is -2.39. The monoisotopic (exact) mass is 296 g/mol. The summed E-state index contributed by atoms with van der Waals surface area (Å²) >= 11 is 1.66. The van der Waals surface area contributed by atoms with E-state index in [1.54, 1.807) is 11.3 Å². The average molecular weight is 296 g/mol. The number of nitrogens with zero attached hydrogens (tertiary/aromatic N) is 1. The first kappa shape index (κ1) is 15.5. The van der Waals surface area contributed by atoms with Crippen molar-refractivity contribution in [1.82, 2.24) is 10.2 Å². The van der Waals surface area contributed by atoms with Gasteiger partial charge in [-0.3, -0.25) is 9.69 Å². The number of likely N-dealkylation sites (tertiary alicyclic amines) is 1. The molecule has 5 heteroatoms. The molecule has 2 heterocycles. The van der Waals surface area contributed by atoms with Crippen LogP contribution in [-0.4, -0.2) is 41.1 Å². The van der Waals surface area contributed by atoms with Crippen LogP contribution in [0.2, 0.25) is 0 Å². The zero-order valence-corrected chi connectivity index (χ0v) is 13.1. The number of aliphatic hydroxyl groups is 1. The highest BCUT2D eigenvalue weighted by Crippen LogP contribution is 2.21. The second-order valence-corrected chi connectivity index (χ2v) is 6.91. The molecule has 2 unspecified atom stereocenters. The number of hydrogen-bond donors (Lipinski definition) is 2. The van der Waals surface area contributed by atoms with Crippen LogP contribution in [0.3, 0.4) is 0 Å². The lowest BCUT2D eigenvalue weighted by molar-refractivity contribution is -0.122. The van der Waals surface area contributed by atoms with Gasteiger partial charge >= 0.3 is 0 Å². The largest absolute Gasteiger partial charge is 0.390 e. The van der Waals surface area contributed by atoms with Crippen LogP contribution in [0.1, 0.15) is 44.0 Å². The highest BCUT2D eigenvalue weighted by atomic mass is 32.1. The highest BCUT2D eigenvalue weighted by Gasteiger charge is 2.25. The van der Waals surface area contributed by atoms with Crippen molar-refractivity contribution in [3.63, 3.8) is 0 Å². The number of nitrogens with one attached hydrogen (secondary N) is 1. The predicted octanol–water partition coefficient (Wildman–Crippen LogP) is 2.16. The van der Waals surface area contributed by atoms with Crippen LogP contribution >= 0.6 is 11.3 Å². The first-order chi connectivity index (χ1) is 9.46. The molecule has 1 aliphatic rings. The molecule has 0 spiro atoms. The third-order valence-corrected chi connectivity index (χ3v) is 4.93. The summed E-state index contributed by atoms with van der Waals surface area (Å²) in [6.07, 6.45) is 2.50. The Balaban J connectivity index is 1.79. The maximum Gasteiger partial charge on any atom is 0.234 e. The maximum absolute atomic E-state index is 12.1. The fourth-order valence-electron chi connectivity index (χ4n) is 2.58. The third kappa shape index (κ3) is 4.58. The summed E-state index contributed by atoms with van der Waals surface area (Å²) in [5.41, 5.74) is -0.574. The second kappa shape index (κ2) is 6.70. The van der Waals surface area contributed by atoms with Crippen molar-refractivity contribution in [2.24, 2.45) is 0 Å². The van der Waals surface area contributed by atoms with Crippen LogP contribution in [0.4, 0.5) is 0 Å². The summed E-state index contributed by atoms with van der Waals surface area (Å²) in [5.74, 6) is 0.0624. The van der Waals surface area contributed by atoms with Crippen molar-refractivity contribution in [2.75, 3.05) is 19.6 Å². The Labute approximate surface area is 124 Å². The van der Waals surface area contributed by atoms with Crippen molar-refractivity contribution in [3.05, 3.63) is 22.4 Å². The Morgan fingerprint density at radius 1 is 1.55 bits per heavy atom. The molecule has 1 amide bonds. The van der Waals surface area contributed by atoms with E-state index in [0.717, 1.165) is 32.4 Å². The molecule has 0 bridgehead atoms. The fraction of sp³-hybridized carbons (Fsp3) is 0.667. The second-order valence-electron chi connectivity index (χ2n) is 5.93. The Hall–Kier alpha value is -0.910. The minimum absolute atomic E-state index is 0.0624. The van der Waals surface area contributed by atoms with Crippen LogP contribution in [0.25, 0.3) is 0 Å². The van der Waals surface area contributed by atoms with Crippen LogP contribution in [-0.2, 0) is 4.79 Å².